The summed E-state index contributed by atoms with van der Waals surface area (Å²) in [6.07, 6.45) is 4.63. The normalized spacial score (nSPS) is 17.1. The first-order chi connectivity index (χ1) is 10.1. The third-order valence-electron chi connectivity index (χ3n) is 4.28. The lowest BCUT2D eigenvalue weighted by molar-refractivity contribution is 0.159. The van der Waals surface area contributed by atoms with Crippen LogP contribution in [0.2, 0.25) is 0 Å². The molecular weight excluding hydrogens is 367 g/mol. The first-order valence-corrected chi connectivity index (χ1v) is 8.83. The largest absolute Gasteiger partial charge is 0.314 e. The molecular formula is C17H27BrClFN2. The predicted molar refractivity (Wildman–Crippen MR) is 97.4 cm³/mol. The van der Waals surface area contributed by atoms with Crippen molar-refractivity contribution in [3.63, 3.8) is 0 Å². The molecule has 1 aliphatic heterocycles. The number of piperazine rings is 1. The van der Waals surface area contributed by atoms with Crippen LogP contribution in [-0.2, 0) is 0 Å². The van der Waals surface area contributed by atoms with Crippen molar-refractivity contribution in [2.45, 2.75) is 45.6 Å². The molecule has 22 heavy (non-hydrogen) atoms. The zero-order valence-electron chi connectivity index (χ0n) is 13.5. The molecule has 0 aliphatic carbocycles. The Balaban J connectivity index is 0.00000242. The average Bonchev–Trinajstić information content (AvgIpc) is 2.49. The van der Waals surface area contributed by atoms with Gasteiger partial charge in [-0.3, -0.25) is 4.90 Å². The molecule has 0 unspecified atom stereocenters. The molecule has 1 saturated heterocycles. The maximum Gasteiger partial charge on any atom is 0.130 e. The lowest BCUT2D eigenvalue weighted by Crippen LogP contribution is -2.45. The highest BCUT2D eigenvalue weighted by Gasteiger charge is 2.25. The van der Waals surface area contributed by atoms with Gasteiger partial charge in [0.1, 0.15) is 5.82 Å². The lowest BCUT2D eigenvalue weighted by Gasteiger charge is -2.35. The van der Waals surface area contributed by atoms with Crippen molar-refractivity contribution >= 4 is 28.3 Å². The van der Waals surface area contributed by atoms with Crippen molar-refractivity contribution in [1.29, 1.82) is 0 Å². The summed E-state index contributed by atoms with van der Waals surface area (Å²) >= 11 is 3.52. The van der Waals surface area contributed by atoms with Crippen LogP contribution in [0, 0.1) is 12.7 Å². The molecule has 1 atom stereocenters. The van der Waals surface area contributed by atoms with Crippen LogP contribution in [0.1, 0.15) is 49.8 Å². The molecule has 0 spiro atoms. The zero-order valence-corrected chi connectivity index (χ0v) is 15.9. The minimum Gasteiger partial charge on any atom is -0.314 e. The predicted octanol–water partition coefficient (Wildman–Crippen LogP) is 4.85. The highest BCUT2D eigenvalue weighted by molar-refractivity contribution is 9.10. The highest BCUT2D eigenvalue weighted by Crippen LogP contribution is 2.32. The summed E-state index contributed by atoms with van der Waals surface area (Å²) in [6.45, 7) is 8.06. The Morgan fingerprint density at radius 1 is 1.27 bits per heavy atom. The molecule has 1 N–H and O–H groups in total. The molecule has 0 saturated carbocycles. The number of benzene rings is 1. The summed E-state index contributed by atoms with van der Waals surface area (Å²) < 4.78 is 15.6. The molecule has 1 heterocycles. The summed E-state index contributed by atoms with van der Waals surface area (Å²) in [6, 6.07) is 4.04. The van der Waals surface area contributed by atoms with E-state index in [1.807, 2.05) is 19.1 Å². The van der Waals surface area contributed by atoms with Crippen LogP contribution in [0.25, 0.3) is 0 Å². The Morgan fingerprint density at radius 2 is 1.95 bits per heavy atom. The third-order valence-corrected chi connectivity index (χ3v) is 4.74. The quantitative estimate of drug-likeness (QED) is 0.695. The van der Waals surface area contributed by atoms with Gasteiger partial charge in [-0.1, -0.05) is 42.1 Å². The molecule has 0 radical (unpaired) electrons. The SMILES string of the molecule is CCCCC[C@@H](c1cc(Br)cc(C)c1F)N1CCNCC1.Cl. The van der Waals surface area contributed by atoms with Gasteiger partial charge in [-0.15, -0.1) is 12.4 Å². The van der Waals surface area contributed by atoms with Gasteiger partial charge < -0.3 is 5.32 Å². The Bertz CT molecular complexity index is 464. The Labute approximate surface area is 148 Å². The zero-order chi connectivity index (χ0) is 15.2. The van der Waals surface area contributed by atoms with Crippen LogP contribution in [0.3, 0.4) is 0 Å². The van der Waals surface area contributed by atoms with E-state index in [4.69, 9.17) is 0 Å². The monoisotopic (exact) mass is 392 g/mol. The van der Waals surface area contributed by atoms with Gasteiger partial charge in [0.2, 0.25) is 0 Å². The first-order valence-electron chi connectivity index (χ1n) is 8.03. The van der Waals surface area contributed by atoms with Crippen LogP contribution in [0.4, 0.5) is 4.39 Å². The molecule has 1 aliphatic rings. The standard InChI is InChI=1S/C17H26BrFN2.ClH/c1-3-4-5-6-16(21-9-7-20-8-10-21)15-12-14(18)11-13(2)17(15)19;/h11-12,16,20H,3-10H2,1-2H3;1H/t16-;/m0./s1. The number of hydrogen-bond acceptors (Lipinski definition) is 2. The number of nitrogens with one attached hydrogen (secondary N) is 1. The molecule has 1 fully saturated rings. The van der Waals surface area contributed by atoms with Crippen molar-refractivity contribution in [3.05, 3.63) is 33.5 Å². The number of hydrogen-bond donors (Lipinski definition) is 1. The van der Waals surface area contributed by atoms with E-state index < -0.39 is 0 Å². The molecule has 2 nitrogen and oxygen atoms in total. The fourth-order valence-electron chi connectivity index (χ4n) is 3.11. The number of halogens is 3. The van der Waals surface area contributed by atoms with E-state index >= 15 is 0 Å². The van der Waals surface area contributed by atoms with E-state index in [-0.39, 0.29) is 24.3 Å². The van der Waals surface area contributed by atoms with Crippen molar-refractivity contribution in [2.75, 3.05) is 26.2 Å². The van der Waals surface area contributed by atoms with Gasteiger partial charge in [-0.05, 0) is 31.0 Å². The minimum absolute atomic E-state index is 0. The maximum absolute atomic E-state index is 14.6. The highest BCUT2D eigenvalue weighted by atomic mass is 79.9. The van der Waals surface area contributed by atoms with Gasteiger partial charge in [0.05, 0.1) is 0 Å². The van der Waals surface area contributed by atoms with Crippen molar-refractivity contribution < 1.29 is 4.39 Å². The molecule has 0 bridgehead atoms. The van der Waals surface area contributed by atoms with E-state index in [0.717, 1.165) is 54.6 Å². The molecule has 5 heteroatoms. The fourth-order valence-corrected chi connectivity index (χ4v) is 3.70. The molecule has 126 valence electrons. The molecule has 0 aromatic heterocycles. The van der Waals surface area contributed by atoms with Gasteiger partial charge in [0.15, 0.2) is 0 Å². The van der Waals surface area contributed by atoms with Gasteiger partial charge in [0.25, 0.3) is 0 Å². The number of unbranched alkanes of at least 4 members (excludes halogenated alkanes) is 2. The topological polar surface area (TPSA) is 15.3 Å². The number of nitrogens with zero attached hydrogens (tertiary/aromatic N) is 1. The van der Waals surface area contributed by atoms with E-state index in [1.54, 1.807) is 0 Å². The Morgan fingerprint density at radius 3 is 2.59 bits per heavy atom. The summed E-state index contributed by atoms with van der Waals surface area (Å²) in [7, 11) is 0. The fraction of sp³-hybridized carbons (Fsp3) is 0.647. The van der Waals surface area contributed by atoms with Gasteiger partial charge >= 0.3 is 0 Å². The van der Waals surface area contributed by atoms with Crippen molar-refractivity contribution in [1.82, 2.24) is 10.2 Å². The smallest absolute Gasteiger partial charge is 0.130 e. The molecule has 0 amide bonds. The first kappa shape index (κ1) is 19.9. The van der Waals surface area contributed by atoms with Crippen LogP contribution < -0.4 is 5.32 Å². The average molecular weight is 394 g/mol. The van der Waals surface area contributed by atoms with Crippen LogP contribution in [0.5, 0.6) is 0 Å². The van der Waals surface area contributed by atoms with Gasteiger partial charge in [-0.2, -0.15) is 0 Å². The van der Waals surface area contributed by atoms with E-state index in [2.05, 4.69) is 33.1 Å². The maximum atomic E-state index is 14.6. The summed E-state index contributed by atoms with van der Waals surface area (Å²) in [5, 5.41) is 3.38. The van der Waals surface area contributed by atoms with E-state index in [0.29, 0.717) is 0 Å². The van der Waals surface area contributed by atoms with Crippen LogP contribution >= 0.6 is 28.3 Å². The van der Waals surface area contributed by atoms with Gasteiger partial charge in [-0.25, -0.2) is 4.39 Å². The summed E-state index contributed by atoms with van der Waals surface area (Å²) in [5.74, 6) is -0.0294. The van der Waals surface area contributed by atoms with E-state index in [1.165, 1.54) is 12.8 Å². The van der Waals surface area contributed by atoms with E-state index in [9.17, 15) is 4.39 Å². The Hall–Kier alpha value is -0.160. The second kappa shape index (κ2) is 9.86. The molecule has 2 rings (SSSR count). The van der Waals surface area contributed by atoms with Crippen molar-refractivity contribution in [2.24, 2.45) is 0 Å². The van der Waals surface area contributed by atoms with Crippen molar-refractivity contribution in [3.8, 4) is 0 Å². The second-order valence-electron chi connectivity index (χ2n) is 5.92. The summed E-state index contributed by atoms with van der Waals surface area (Å²) in [4.78, 5) is 2.44. The van der Waals surface area contributed by atoms with Crippen LogP contribution in [0.15, 0.2) is 16.6 Å². The lowest BCUT2D eigenvalue weighted by atomic mass is 9.96. The second-order valence-corrected chi connectivity index (χ2v) is 6.84. The molecule has 1 aromatic rings. The number of aryl methyl sites for hydroxylation is 1. The van der Waals surface area contributed by atoms with Crippen LogP contribution in [-0.4, -0.2) is 31.1 Å². The van der Waals surface area contributed by atoms with Gasteiger partial charge in [0, 0.05) is 42.3 Å². The molecule has 1 aromatic carbocycles. The number of rotatable bonds is 6. The summed E-state index contributed by atoms with van der Waals surface area (Å²) in [5.41, 5.74) is 1.59. The Kier molecular flexibility index (Phi) is 8.91. The third kappa shape index (κ3) is 5.19. The minimum atomic E-state index is -0.0294.